The van der Waals surface area contributed by atoms with E-state index in [1.807, 2.05) is 12.1 Å². The third-order valence-electron chi connectivity index (χ3n) is 4.48. The monoisotopic (exact) mass is 375 g/mol. The summed E-state index contributed by atoms with van der Waals surface area (Å²) in [4.78, 5) is 12.8. The second kappa shape index (κ2) is 7.33. The van der Waals surface area contributed by atoms with Crippen LogP contribution >= 0.6 is 0 Å². The molecular formula is C18H21N3O4S. The molecule has 0 aliphatic carbocycles. The molecule has 0 fully saturated rings. The minimum atomic E-state index is -3.67. The zero-order chi connectivity index (χ0) is 18.7. The molecule has 0 spiro atoms. The molecule has 0 atom stereocenters. The van der Waals surface area contributed by atoms with Crippen molar-refractivity contribution < 1.29 is 13.3 Å². The molecule has 0 aromatic heterocycles. The van der Waals surface area contributed by atoms with E-state index in [0.29, 0.717) is 6.54 Å². The number of hydrogen-bond acceptors (Lipinski definition) is 6. The Bertz CT molecular complexity index is 928. The van der Waals surface area contributed by atoms with Crippen LogP contribution in [0, 0.1) is 10.1 Å². The number of anilines is 2. The molecule has 8 heteroatoms. The van der Waals surface area contributed by atoms with Gasteiger partial charge in [-0.25, -0.2) is 8.42 Å². The normalized spacial score (nSPS) is 13.5. The number of fused-ring (bicyclic) bond motifs is 1. The highest BCUT2D eigenvalue weighted by Gasteiger charge is 2.26. The van der Waals surface area contributed by atoms with Crippen LogP contribution in [-0.2, 0) is 16.3 Å². The van der Waals surface area contributed by atoms with Gasteiger partial charge in [0.15, 0.2) is 9.84 Å². The molecule has 3 rings (SSSR count). The van der Waals surface area contributed by atoms with Crippen LogP contribution in [0.2, 0.25) is 0 Å². The summed E-state index contributed by atoms with van der Waals surface area (Å²) in [5, 5.41) is 14.4. The Balaban J connectivity index is 1.65. The Kier molecular flexibility index (Phi) is 5.13. The standard InChI is InChI=1S/C18H21N3O4S/c1-26(24,25)17-9-4-7-15(18(17)21(22)23)19-11-5-12-20-13-10-14-6-2-3-8-16(14)20/h2-4,6-9,19H,5,10-13H2,1H3. The van der Waals surface area contributed by atoms with Crippen molar-refractivity contribution in [3.05, 3.63) is 58.1 Å². The van der Waals surface area contributed by atoms with Crippen LogP contribution < -0.4 is 10.2 Å². The number of sulfone groups is 1. The van der Waals surface area contributed by atoms with E-state index in [-0.39, 0.29) is 16.3 Å². The molecule has 0 unspecified atom stereocenters. The molecule has 2 aromatic carbocycles. The number of para-hydroxylation sites is 2. The Hall–Kier alpha value is -2.61. The number of nitro benzene ring substituents is 1. The molecule has 0 radical (unpaired) electrons. The summed E-state index contributed by atoms with van der Waals surface area (Å²) >= 11 is 0. The summed E-state index contributed by atoms with van der Waals surface area (Å²) in [6.07, 6.45) is 2.80. The zero-order valence-corrected chi connectivity index (χ0v) is 15.3. The molecule has 0 saturated heterocycles. The first-order valence-corrected chi connectivity index (χ1v) is 10.3. The number of nitro groups is 1. The van der Waals surface area contributed by atoms with Gasteiger partial charge in [0.05, 0.1) is 4.92 Å². The van der Waals surface area contributed by atoms with Gasteiger partial charge in [-0.15, -0.1) is 0 Å². The van der Waals surface area contributed by atoms with Crippen LogP contribution in [0.25, 0.3) is 0 Å². The lowest BCUT2D eigenvalue weighted by Gasteiger charge is -2.19. The van der Waals surface area contributed by atoms with Crippen molar-refractivity contribution in [1.82, 2.24) is 0 Å². The fraction of sp³-hybridized carbons (Fsp3) is 0.333. The average molecular weight is 375 g/mol. The van der Waals surface area contributed by atoms with Crippen LogP contribution in [-0.4, -0.2) is 39.2 Å². The van der Waals surface area contributed by atoms with Gasteiger partial charge in [0.1, 0.15) is 10.6 Å². The fourth-order valence-corrected chi connectivity index (χ4v) is 4.15. The van der Waals surface area contributed by atoms with E-state index in [4.69, 9.17) is 0 Å². The van der Waals surface area contributed by atoms with Crippen molar-refractivity contribution in [3.63, 3.8) is 0 Å². The van der Waals surface area contributed by atoms with Gasteiger partial charge < -0.3 is 10.2 Å². The van der Waals surface area contributed by atoms with Crippen LogP contribution in [0.5, 0.6) is 0 Å². The lowest BCUT2D eigenvalue weighted by molar-refractivity contribution is -0.386. The van der Waals surface area contributed by atoms with Crippen molar-refractivity contribution >= 4 is 26.9 Å². The van der Waals surface area contributed by atoms with E-state index in [9.17, 15) is 18.5 Å². The van der Waals surface area contributed by atoms with Gasteiger partial charge in [-0.3, -0.25) is 10.1 Å². The lowest BCUT2D eigenvalue weighted by atomic mass is 10.2. The minimum absolute atomic E-state index is 0.236. The molecular weight excluding hydrogens is 354 g/mol. The van der Waals surface area contributed by atoms with Crippen LogP contribution in [0.3, 0.4) is 0 Å². The molecule has 0 amide bonds. The molecule has 7 nitrogen and oxygen atoms in total. The first-order chi connectivity index (χ1) is 12.4. The lowest BCUT2D eigenvalue weighted by Crippen LogP contribution is -2.23. The number of rotatable bonds is 7. The summed E-state index contributed by atoms with van der Waals surface area (Å²) in [7, 11) is -3.67. The van der Waals surface area contributed by atoms with E-state index in [1.54, 1.807) is 0 Å². The minimum Gasteiger partial charge on any atom is -0.379 e. The van der Waals surface area contributed by atoms with Gasteiger partial charge in [0.2, 0.25) is 0 Å². The van der Waals surface area contributed by atoms with Gasteiger partial charge >= 0.3 is 5.69 Å². The number of nitrogens with one attached hydrogen (secondary N) is 1. The highest BCUT2D eigenvalue weighted by Crippen LogP contribution is 2.32. The average Bonchev–Trinajstić information content (AvgIpc) is 3.01. The maximum absolute atomic E-state index is 11.8. The SMILES string of the molecule is CS(=O)(=O)c1cccc(NCCCN2CCc3ccccc32)c1[N+](=O)[O-]. The van der Waals surface area contributed by atoms with Crippen LogP contribution in [0.15, 0.2) is 47.4 Å². The molecule has 1 heterocycles. The second-order valence-corrected chi connectivity index (χ2v) is 8.31. The maximum Gasteiger partial charge on any atom is 0.310 e. The largest absolute Gasteiger partial charge is 0.379 e. The number of benzene rings is 2. The Morgan fingerprint density at radius 3 is 2.69 bits per heavy atom. The third-order valence-corrected chi connectivity index (χ3v) is 5.61. The van der Waals surface area contributed by atoms with E-state index in [1.165, 1.54) is 29.4 Å². The molecule has 0 bridgehead atoms. The number of hydrogen-bond donors (Lipinski definition) is 1. The van der Waals surface area contributed by atoms with Gasteiger partial charge in [-0.1, -0.05) is 24.3 Å². The van der Waals surface area contributed by atoms with Crippen LogP contribution in [0.4, 0.5) is 17.1 Å². The summed E-state index contributed by atoms with van der Waals surface area (Å²) in [5.74, 6) is 0. The molecule has 1 aliphatic rings. The quantitative estimate of drug-likeness (QED) is 0.454. The van der Waals surface area contributed by atoms with Crippen molar-refractivity contribution in [3.8, 4) is 0 Å². The third kappa shape index (κ3) is 3.80. The summed E-state index contributed by atoms with van der Waals surface area (Å²) < 4.78 is 23.6. The second-order valence-electron chi connectivity index (χ2n) is 6.33. The zero-order valence-electron chi connectivity index (χ0n) is 14.5. The predicted octanol–water partition coefficient (Wildman–Crippen LogP) is 2.86. The van der Waals surface area contributed by atoms with Crippen LogP contribution in [0.1, 0.15) is 12.0 Å². The first-order valence-electron chi connectivity index (χ1n) is 8.42. The Labute approximate surface area is 152 Å². The fourth-order valence-electron chi connectivity index (χ4n) is 3.28. The number of nitrogens with zero attached hydrogens (tertiary/aromatic N) is 2. The topological polar surface area (TPSA) is 92.6 Å². The van der Waals surface area contributed by atoms with Gasteiger partial charge in [-0.2, -0.15) is 0 Å². The highest BCUT2D eigenvalue weighted by molar-refractivity contribution is 7.90. The molecule has 1 aliphatic heterocycles. The van der Waals surface area contributed by atoms with Crippen molar-refractivity contribution in [2.45, 2.75) is 17.7 Å². The van der Waals surface area contributed by atoms with E-state index >= 15 is 0 Å². The summed E-state index contributed by atoms with van der Waals surface area (Å²) in [6.45, 7) is 2.33. The van der Waals surface area contributed by atoms with E-state index in [0.717, 1.165) is 32.2 Å². The smallest absolute Gasteiger partial charge is 0.310 e. The predicted molar refractivity (Wildman–Crippen MR) is 102 cm³/mol. The Morgan fingerprint density at radius 1 is 1.19 bits per heavy atom. The maximum atomic E-state index is 11.8. The highest BCUT2D eigenvalue weighted by atomic mass is 32.2. The summed E-state index contributed by atoms with van der Waals surface area (Å²) in [5.41, 5.74) is 2.44. The van der Waals surface area contributed by atoms with Crippen molar-refractivity contribution in [2.24, 2.45) is 0 Å². The molecule has 1 N–H and O–H groups in total. The van der Waals surface area contributed by atoms with Gasteiger partial charge in [-0.05, 0) is 36.6 Å². The molecule has 0 saturated carbocycles. The molecule has 138 valence electrons. The van der Waals surface area contributed by atoms with Gasteiger partial charge in [0, 0.05) is 31.6 Å². The Morgan fingerprint density at radius 2 is 1.96 bits per heavy atom. The molecule has 26 heavy (non-hydrogen) atoms. The van der Waals surface area contributed by atoms with E-state index in [2.05, 4.69) is 22.3 Å². The molecule has 2 aromatic rings. The van der Waals surface area contributed by atoms with Gasteiger partial charge in [0.25, 0.3) is 0 Å². The summed E-state index contributed by atoms with van der Waals surface area (Å²) in [6, 6.07) is 12.6. The first kappa shape index (κ1) is 18.2. The van der Waals surface area contributed by atoms with Crippen molar-refractivity contribution in [2.75, 3.05) is 36.1 Å². The van der Waals surface area contributed by atoms with E-state index < -0.39 is 14.8 Å². The van der Waals surface area contributed by atoms with Crippen molar-refractivity contribution in [1.29, 1.82) is 0 Å².